The summed E-state index contributed by atoms with van der Waals surface area (Å²) in [6.45, 7) is 11.7. The number of rotatable bonds is 12. The van der Waals surface area contributed by atoms with Crippen molar-refractivity contribution in [3.8, 4) is 11.8 Å². The Morgan fingerprint density at radius 1 is 0.944 bits per heavy atom. The van der Waals surface area contributed by atoms with Gasteiger partial charge in [-0.15, -0.1) is 0 Å². The number of aliphatic hydroxyl groups is 1. The van der Waals surface area contributed by atoms with Gasteiger partial charge in [0.05, 0.1) is 55.5 Å². The SMILES string of the molecule is CC1(C)CCC(CN2CCN(c3ccc(C(=O)NS(=O)(=O)c4cnc(OCC5CCC(C)(O)CC5)c(Cl)c4)c(N4CCCOc5nc6[nH]ccc6cc54)c3)CC2C2OCCCO2)=C(c2ccc(Cl)cc2)C1. The first-order valence-corrected chi connectivity index (χ1v) is 27.1. The number of sulfonamides is 1. The molecule has 3 aliphatic heterocycles. The number of hydrogen-bond acceptors (Lipinski definition) is 13. The fourth-order valence-electron chi connectivity index (χ4n) is 10.7. The molecule has 10 rings (SSSR count). The maximum absolute atomic E-state index is 14.6. The number of ether oxygens (including phenoxy) is 4. The highest BCUT2D eigenvalue weighted by molar-refractivity contribution is 7.90. The number of pyridine rings is 2. The Morgan fingerprint density at radius 3 is 2.51 bits per heavy atom. The number of anilines is 3. The molecule has 2 aliphatic carbocycles. The van der Waals surface area contributed by atoms with Crippen molar-refractivity contribution in [2.24, 2.45) is 11.3 Å². The van der Waals surface area contributed by atoms with Gasteiger partial charge in [-0.25, -0.2) is 18.1 Å². The van der Waals surface area contributed by atoms with Gasteiger partial charge in [-0.1, -0.05) is 54.8 Å². The first-order chi connectivity index (χ1) is 34.1. The minimum atomic E-state index is -4.47. The maximum atomic E-state index is 14.6. The number of halogens is 2. The van der Waals surface area contributed by atoms with Crippen molar-refractivity contribution in [1.82, 2.24) is 24.6 Å². The van der Waals surface area contributed by atoms with E-state index in [1.807, 2.05) is 54.4 Å². The predicted octanol–water partition coefficient (Wildman–Crippen LogP) is 9.54. The topological polar surface area (TPSA) is 172 Å². The minimum Gasteiger partial charge on any atom is -0.476 e. The van der Waals surface area contributed by atoms with Crippen LogP contribution in [0.2, 0.25) is 10.0 Å². The predicted molar refractivity (Wildman–Crippen MR) is 276 cm³/mol. The van der Waals surface area contributed by atoms with Crippen molar-refractivity contribution in [3.63, 3.8) is 0 Å². The number of hydrogen-bond donors (Lipinski definition) is 3. The molecule has 1 saturated carbocycles. The summed E-state index contributed by atoms with van der Waals surface area (Å²) in [5.41, 5.74) is 6.32. The third kappa shape index (κ3) is 11.2. The molecule has 3 fully saturated rings. The van der Waals surface area contributed by atoms with Gasteiger partial charge in [0.25, 0.3) is 15.9 Å². The number of aromatic amines is 1. The van der Waals surface area contributed by atoms with E-state index in [1.54, 1.807) is 6.07 Å². The fourth-order valence-corrected chi connectivity index (χ4v) is 12.0. The number of fused-ring (bicyclic) bond motifs is 2. The quantitative estimate of drug-likeness (QED) is 0.108. The van der Waals surface area contributed by atoms with Gasteiger partial charge in [0.1, 0.15) is 21.3 Å². The molecule has 3 aromatic heterocycles. The molecule has 5 aromatic rings. The average Bonchev–Trinajstić information content (AvgIpc) is 3.72. The van der Waals surface area contributed by atoms with Gasteiger partial charge in [-0.3, -0.25) is 9.69 Å². The Labute approximate surface area is 425 Å². The lowest BCUT2D eigenvalue weighted by Gasteiger charge is -2.47. The van der Waals surface area contributed by atoms with Crippen LogP contribution in [0, 0.1) is 11.3 Å². The van der Waals surface area contributed by atoms with E-state index >= 15 is 0 Å². The number of carbonyl (C=O) groups excluding carboxylic acids is 1. The molecule has 5 aliphatic rings. The fraction of sp³-hybridized carbons (Fsp3) is 0.491. The summed E-state index contributed by atoms with van der Waals surface area (Å²) >= 11 is 12.9. The molecule has 71 heavy (non-hydrogen) atoms. The lowest BCUT2D eigenvalue weighted by Crippen LogP contribution is -2.60. The van der Waals surface area contributed by atoms with Crippen molar-refractivity contribution >= 4 is 72.8 Å². The summed E-state index contributed by atoms with van der Waals surface area (Å²) in [7, 11) is -4.47. The third-order valence-electron chi connectivity index (χ3n) is 14.8. The van der Waals surface area contributed by atoms with E-state index in [4.69, 9.17) is 47.1 Å². The van der Waals surface area contributed by atoms with Crippen LogP contribution in [0.1, 0.15) is 94.5 Å². The number of amides is 1. The van der Waals surface area contributed by atoms with Gasteiger partial charge in [0, 0.05) is 55.0 Å². The lowest BCUT2D eigenvalue weighted by molar-refractivity contribution is -0.209. The number of H-pyrrole nitrogens is 1. The van der Waals surface area contributed by atoms with Gasteiger partial charge in [0.2, 0.25) is 11.8 Å². The number of aromatic nitrogens is 3. The molecule has 1 atom stereocenters. The molecule has 6 heterocycles. The summed E-state index contributed by atoms with van der Waals surface area (Å²) in [5, 5.41) is 11.9. The van der Waals surface area contributed by atoms with E-state index in [0.29, 0.717) is 88.2 Å². The van der Waals surface area contributed by atoms with E-state index in [9.17, 15) is 18.3 Å². The maximum Gasteiger partial charge on any atom is 0.267 e. The van der Waals surface area contributed by atoms with Gasteiger partial charge < -0.3 is 38.8 Å². The highest BCUT2D eigenvalue weighted by Crippen LogP contribution is 2.45. The second-order valence-corrected chi connectivity index (χ2v) is 23.3. The molecule has 378 valence electrons. The van der Waals surface area contributed by atoms with Crippen LogP contribution in [0.4, 0.5) is 17.1 Å². The van der Waals surface area contributed by atoms with Gasteiger partial charge in [0.15, 0.2) is 6.29 Å². The molecule has 0 bridgehead atoms. The number of allylic oxidation sites excluding steroid dienone is 1. The molecule has 2 aromatic carbocycles. The average molecular weight is 1030 g/mol. The first kappa shape index (κ1) is 49.6. The third-order valence-corrected chi connectivity index (χ3v) is 16.7. The number of benzene rings is 2. The van der Waals surface area contributed by atoms with Crippen molar-refractivity contribution in [2.45, 2.75) is 101 Å². The standard InChI is InChI=1S/C53H63Cl2N7O8S/c1-52(2)16-14-37(42(29-52)35-6-8-38(54)9-7-35)31-61-22-21-60(32-46(61)51-68-24-5-25-69-51)39-10-11-41(44(27-39)62-20-4-23-67-50-45(62)26-36-15-19-56-47(36)58-50)48(63)59-71(65,66)40-28-43(55)49(57-30-40)70-33-34-12-17-53(3,64)18-13-34/h6-11,15,19,26-28,30,34,46,51,64H,4-5,12-14,16-18,20-25,29,31-33H2,1-3H3,(H,56,58)(H,59,63). The Bertz CT molecular complexity index is 2900. The summed E-state index contributed by atoms with van der Waals surface area (Å²) in [5.74, 6) is -0.117. The molecule has 0 spiro atoms. The number of piperazine rings is 1. The highest BCUT2D eigenvalue weighted by atomic mass is 35.5. The van der Waals surface area contributed by atoms with Crippen LogP contribution in [0.25, 0.3) is 16.6 Å². The van der Waals surface area contributed by atoms with Crippen molar-refractivity contribution in [3.05, 3.63) is 99.8 Å². The number of nitrogens with zero attached hydrogens (tertiary/aromatic N) is 5. The number of nitrogens with one attached hydrogen (secondary N) is 2. The molecule has 0 radical (unpaired) electrons. The van der Waals surface area contributed by atoms with Gasteiger partial charge in [-0.2, -0.15) is 4.98 Å². The summed E-state index contributed by atoms with van der Waals surface area (Å²) < 4.78 is 55.3. The molecule has 3 N–H and O–H groups in total. The van der Waals surface area contributed by atoms with E-state index in [0.717, 1.165) is 73.9 Å². The van der Waals surface area contributed by atoms with Crippen molar-refractivity contribution in [2.75, 3.05) is 69.0 Å². The van der Waals surface area contributed by atoms with E-state index < -0.39 is 27.8 Å². The Morgan fingerprint density at radius 2 is 1.73 bits per heavy atom. The Balaban J connectivity index is 0.949. The lowest BCUT2D eigenvalue weighted by atomic mass is 9.72. The Hall–Kier alpha value is -4.94. The summed E-state index contributed by atoms with van der Waals surface area (Å²) in [6.07, 6.45) is 9.95. The summed E-state index contributed by atoms with van der Waals surface area (Å²) in [4.78, 5) is 33.3. The second kappa shape index (κ2) is 20.5. The van der Waals surface area contributed by atoms with E-state index in [1.165, 1.54) is 22.8 Å². The first-order valence-electron chi connectivity index (χ1n) is 24.9. The second-order valence-electron chi connectivity index (χ2n) is 20.8. The van der Waals surface area contributed by atoms with Crippen LogP contribution in [0.5, 0.6) is 11.8 Å². The van der Waals surface area contributed by atoms with E-state index in [2.05, 4.69) is 50.5 Å². The minimum absolute atomic E-state index is 0.00163. The van der Waals surface area contributed by atoms with Crippen LogP contribution in [0.3, 0.4) is 0 Å². The smallest absolute Gasteiger partial charge is 0.267 e. The van der Waals surface area contributed by atoms with E-state index in [-0.39, 0.29) is 38.7 Å². The zero-order chi connectivity index (χ0) is 49.5. The summed E-state index contributed by atoms with van der Waals surface area (Å²) in [6, 6.07) is 18.8. The van der Waals surface area contributed by atoms with Crippen LogP contribution in [-0.4, -0.2) is 116 Å². The van der Waals surface area contributed by atoms with Crippen LogP contribution >= 0.6 is 23.2 Å². The molecular weight excluding hydrogens is 966 g/mol. The largest absolute Gasteiger partial charge is 0.476 e. The normalized spacial score (nSPS) is 23.5. The van der Waals surface area contributed by atoms with Gasteiger partial charge >= 0.3 is 0 Å². The van der Waals surface area contributed by atoms with Crippen LogP contribution < -0.4 is 24.0 Å². The van der Waals surface area contributed by atoms with Crippen molar-refractivity contribution < 1.29 is 37.3 Å². The van der Waals surface area contributed by atoms with Gasteiger partial charge in [-0.05, 0) is 136 Å². The number of carbonyl (C=O) groups is 1. The molecule has 1 unspecified atom stereocenters. The van der Waals surface area contributed by atoms with Crippen LogP contribution in [-0.2, 0) is 19.5 Å². The molecule has 18 heteroatoms. The zero-order valence-electron chi connectivity index (χ0n) is 40.6. The monoisotopic (exact) mass is 1030 g/mol. The molecule has 1 amide bonds. The van der Waals surface area contributed by atoms with Crippen LogP contribution in [0.15, 0.2) is 83.5 Å². The molecular formula is C53H63Cl2N7O8S. The molecule has 2 saturated heterocycles. The highest BCUT2D eigenvalue weighted by Gasteiger charge is 2.39. The molecule has 15 nitrogen and oxygen atoms in total. The zero-order valence-corrected chi connectivity index (χ0v) is 42.9. The van der Waals surface area contributed by atoms with Crippen molar-refractivity contribution in [1.29, 1.82) is 0 Å². The Kier molecular flexibility index (Phi) is 14.3.